The zero-order chi connectivity index (χ0) is 15.1. The van der Waals surface area contributed by atoms with Gasteiger partial charge in [-0.1, -0.05) is 56.8 Å². The van der Waals surface area contributed by atoms with Gasteiger partial charge in [0.2, 0.25) is 5.16 Å². The summed E-state index contributed by atoms with van der Waals surface area (Å²) < 4.78 is 1.86. The van der Waals surface area contributed by atoms with Gasteiger partial charge in [-0.15, -0.1) is 5.10 Å². The highest BCUT2D eigenvalue weighted by molar-refractivity contribution is 7.98. The van der Waals surface area contributed by atoms with Crippen molar-refractivity contribution in [3.05, 3.63) is 35.4 Å². The van der Waals surface area contributed by atoms with Gasteiger partial charge in [0.05, 0.1) is 6.54 Å². The van der Waals surface area contributed by atoms with E-state index in [0.29, 0.717) is 6.04 Å². The molecule has 0 aliphatic carbocycles. The molecule has 1 aromatic carbocycles. The van der Waals surface area contributed by atoms with Crippen LogP contribution in [0.3, 0.4) is 0 Å². The molecule has 1 N–H and O–H groups in total. The molecule has 0 saturated carbocycles. The third-order valence-electron chi connectivity index (χ3n) is 3.17. The zero-order valence-electron chi connectivity index (χ0n) is 12.9. The van der Waals surface area contributed by atoms with E-state index < -0.39 is 0 Å². The molecular weight excluding hydrogens is 282 g/mol. The van der Waals surface area contributed by atoms with Gasteiger partial charge in [0.25, 0.3) is 0 Å². The molecule has 1 heterocycles. The molecule has 0 fully saturated rings. The van der Waals surface area contributed by atoms with Gasteiger partial charge in [-0.05, 0) is 28.0 Å². The molecule has 6 heteroatoms. The van der Waals surface area contributed by atoms with Gasteiger partial charge in [0.1, 0.15) is 0 Å². The lowest BCUT2D eigenvalue weighted by atomic mass is 10.1. The van der Waals surface area contributed by atoms with Crippen molar-refractivity contribution in [3.63, 3.8) is 0 Å². The number of thioether (sulfide) groups is 1. The van der Waals surface area contributed by atoms with Crippen LogP contribution in [0.5, 0.6) is 0 Å². The van der Waals surface area contributed by atoms with E-state index in [2.05, 4.69) is 65.9 Å². The number of hydrogen-bond acceptors (Lipinski definition) is 5. The van der Waals surface area contributed by atoms with Gasteiger partial charge in [-0.3, -0.25) is 0 Å². The summed E-state index contributed by atoms with van der Waals surface area (Å²) in [6.45, 7) is 8.11. The topological polar surface area (TPSA) is 55.6 Å². The Morgan fingerprint density at radius 3 is 2.57 bits per heavy atom. The fraction of sp³-hybridized carbons (Fsp3) is 0.533. The second kappa shape index (κ2) is 8.14. The van der Waals surface area contributed by atoms with Crippen molar-refractivity contribution in [2.45, 2.75) is 50.7 Å². The Morgan fingerprint density at radius 1 is 1.19 bits per heavy atom. The number of benzene rings is 1. The summed E-state index contributed by atoms with van der Waals surface area (Å²) >= 11 is 1.68. The molecule has 0 spiro atoms. The average molecular weight is 305 g/mol. The Labute approximate surface area is 130 Å². The molecule has 0 aliphatic rings. The predicted octanol–water partition coefficient (Wildman–Crippen LogP) is 2.53. The first kappa shape index (κ1) is 16.0. The first-order valence-corrected chi connectivity index (χ1v) is 8.37. The number of hydrogen-bond donors (Lipinski definition) is 1. The van der Waals surface area contributed by atoms with E-state index in [0.717, 1.165) is 30.4 Å². The molecule has 0 saturated heterocycles. The normalized spacial score (nSPS) is 11.2. The van der Waals surface area contributed by atoms with Gasteiger partial charge >= 0.3 is 0 Å². The maximum absolute atomic E-state index is 4.10. The lowest BCUT2D eigenvalue weighted by Crippen LogP contribution is -2.27. The first-order chi connectivity index (χ1) is 10.2. The van der Waals surface area contributed by atoms with Crippen LogP contribution in [-0.2, 0) is 18.7 Å². The van der Waals surface area contributed by atoms with Crippen molar-refractivity contribution in [1.82, 2.24) is 25.5 Å². The van der Waals surface area contributed by atoms with Crippen LogP contribution in [0, 0.1) is 0 Å². The van der Waals surface area contributed by atoms with Crippen LogP contribution in [0.4, 0.5) is 0 Å². The molecule has 1 aromatic heterocycles. The SMILES string of the molecule is CCc1ccc(CSc2nnnn2CCNC(C)C)cc1. The summed E-state index contributed by atoms with van der Waals surface area (Å²) in [5.41, 5.74) is 2.67. The van der Waals surface area contributed by atoms with Crippen molar-refractivity contribution < 1.29 is 0 Å². The maximum Gasteiger partial charge on any atom is 0.209 e. The summed E-state index contributed by atoms with van der Waals surface area (Å²) in [4.78, 5) is 0. The van der Waals surface area contributed by atoms with Gasteiger partial charge < -0.3 is 5.32 Å². The zero-order valence-corrected chi connectivity index (χ0v) is 13.7. The average Bonchev–Trinajstić information content (AvgIpc) is 2.93. The van der Waals surface area contributed by atoms with Crippen LogP contribution in [0.2, 0.25) is 0 Å². The highest BCUT2D eigenvalue weighted by atomic mass is 32.2. The quantitative estimate of drug-likeness (QED) is 0.760. The molecule has 0 aliphatic heterocycles. The van der Waals surface area contributed by atoms with Crippen molar-refractivity contribution in [2.24, 2.45) is 0 Å². The van der Waals surface area contributed by atoms with Gasteiger partial charge in [0, 0.05) is 18.3 Å². The van der Waals surface area contributed by atoms with Gasteiger partial charge in [0.15, 0.2) is 0 Å². The van der Waals surface area contributed by atoms with E-state index in [1.807, 2.05) is 4.68 Å². The Hall–Kier alpha value is -1.40. The molecule has 0 radical (unpaired) electrons. The van der Waals surface area contributed by atoms with E-state index >= 15 is 0 Å². The fourth-order valence-corrected chi connectivity index (χ4v) is 2.78. The maximum atomic E-state index is 4.10. The van der Waals surface area contributed by atoms with Gasteiger partial charge in [-0.2, -0.15) is 0 Å². The van der Waals surface area contributed by atoms with E-state index in [-0.39, 0.29) is 0 Å². The number of nitrogens with zero attached hydrogens (tertiary/aromatic N) is 4. The highest BCUT2D eigenvalue weighted by Gasteiger charge is 2.07. The first-order valence-electron chi connectivity index (χ1n) is 7.39. The third kappa shape index (κ3) is 5.13. The molecule has 0 amide bonds. The van der Waals surface area contributed by atoms with E-state index in [4.69, 9.17) is 0 Å². The standard InChI is InChI=1S/C15H23N5S/c1-4-13-5-7-14(8-6-13)11-21-15-17-18-19-20(15)10-9-16-12(2)3/h5-8,12,16H,4,9-11H2,1-3H3. The Bertz CT molecular complexity index is 535. The van der Waals surface area contributed by atoms with E-state index in [1.54, 1.807) is 11.8 Å². The van der Waals surface area contributed by atoms with E-state index in [1.165, 1.54) is 11.1 Å². The Morgan fingerprint density at radius 2 is 1.90 bits per heavy atom. The molecule has 21 heavy (non-hydrogen) atoms. The summed E-state index contributed by atoms with van der Waals surface area (Å²) in [6.07, 6.45) is 1.08. The second-order valence-corrected chi connectivity index (χ2v) is 6.19. The Kier molecular flexibility index (Phi) is 6.20. The third-order valence-corrected chi connectivity index (χ3v) is 4.20. The number of tetrazole rings is 1. The van der Waals surface area contributed by atoms with Crippen LogP contribution in [0.1, 0.15) is 31.9 Å². The monoisotopic (exact) mass is 305 g/mol. The number of rotatable bonds is 8. The number of nitrogens with one attached hydrogen (secondary N) is 1. The van der Waals surface area contributed by atoms with E-state index in [9.17, 15) is 0 Å². The summed E-state index contributed by atoms with van der Waals surface area (Å²) in [6, 6.07) is 9.21. The summed E-state index contributed by atoms with van der Waals surface area (Å²) in [7, 11) is 0. The molecule has 2 rings (SSSR count). The van der Waals surface area contributed by atoms with Crippen LogP contribution in [0.15, 0.2) is 29.4 Å². The minimum atomic E-state index is 0.481. The van der Waals surface area contributed by atoms with Crippen molar-refractivity contribution in [3.8, 4) is 0 Å². The Balaban J connectivity index is 1.86. The van der Waals surface area contributed by atoms with Crippen molar-refractivity contribution >= 4 is 11.8 Å². The molecule has 114 valence electrons. The molecule has 0 bridgehead atoms. The van der Waals surface area contributed by atoms with Crippen molar-refractivity contribution in [1.29, 1.82) is 0 Å². The summed E-state index contributed by atoms with van der Waals surface area (Å²) in [5.74, 6) is 0.891. The summed E-state index contributed by atoms with van der Waals surface area (Å²) in [5, 5.41) is 16.2. The lowest BCUT2D eigenvalue weighted by molar-refractivity contribution is 0.485. The fourth-order valence-electron chi connectivity index (χ4n) is 1.92. The van der Waals surface area contributed by atoms with Crippen LogP contribution in [-0.4, -0.2) is 32.8 Å². The van der Waals surface area contributed by atoms with Crippen LogP contribution < -0.4 is 5.32 Å². The number of aromatic nitrogens is 4. The minimum Gasteiger partial charge on any atom is -0.313 e. The molecule has 5 nitrogen and oxygen atoms in total. The smallest absolute Gasteiger partial charge is 0.209 e. The predicted molar refractivity (Wildman–Crippen MR) is 86.3 cm³/mol. The highest BCUT2D eigenvalue weighted by Crippen LogP contribution is 2.20. The molecule has 0 atom stereocenters. The number of aryl methyl sites for hydroxylation is 1. The largest absolute Gasteiger partial charge is 0.313 e. The van der Waals surface area contributed by atoms with Gasteiger partial charge in [-0.25, -0.2) is 4.68 Å². The molecule has 0 unspecified atom stereocenters. The molecule has 2 aromatic rings. The van der Waals surface area contributed by atoms with Crippen molar-refractivity contribution in [2.75, 3.05) is 6.54 Å². The van der Waals surface area contributed by atoms with Crippen LogP contribution in [0.25, 0.3) is 0 Å². The molecular formula is C15H23N5S. The van der Waals surface area contributed by atoms with Crippen LogP contribution >= 0.6 is 11.8 Å². The minimum absolute atomic E-state index is 0.481. The lowest BCUT2D eigenvalue weighted by Gasteiger charge is -2.08. The second-order valence-electron chi connectivity index (χ2n) is 5.25.